The lowest BCUT2D eigenvalue weighted by molar-refractivity contribution is 0.0929. The number of hydrogen-bond donors (Lipinski definition) is 1. The zero-order valence-electron chi connectivity index (χ0n) is 15.4. The minimum atomic E-state index is -0.0843. The molecular formula is C21H26N2O3. The van der Waals surface area contributed by atoms with E-state index in [1.54, 1.807) is 6.26 Å². The molecule has 1 N–H and O–H groups in total. The highest BCUT2D eigenvalue weighted by molar-refractivity contribution is 5.97. The second-order valence-electron chi connectivity index (χ2n) is 7.32. The highest BCUT2D eigenvalue weighted by atomic mass is 16.5. The number of para-hydroxylation sites is 1. The van der Waals surface area contributed by atoms with Gasteiger partial charge < -0.3 is 14.5 Å². The minimum absolute atomic E-state index is 0.0759. The van der Waals surface area contributed by atoms with Crippen molar-refractivity contribution in [2.24, 2.45) is 0 Å². The van der Waals surface area contributed by atoms with Gasteiger partial charge in [-0.25, -0.2) is 0 Å². The molecule has 5 nitrogen and oxygen atoms in total. The number of amides is 1. The van der Waals surface area contributed by atoms with Crippen molar-refractivity contribution in [3.05, 3.63) is 53.5 Å². The maximum atomic E-state index is 12.9. The second kappa shape index (κ2) is 7.16. The van der Waals surface area contributed by atoms with E-state index >= 15 is 0 Å². The van der Waals surface area contributed by atoms with E-state index in [9.17, 15) is 4.79 Å². The van der Waals surface area contributed by atoms with Crippen molar-refractivity contribution < 1.29 is 13.9 Å². The molecule has 0 saturated carbocycles. The molecule has 0 unspecified atom stereocenters. The standard InChI is InChI=1S/C21H26N2O3/c1-14-15(2)26-20-16(14)7-5-8-17(20)21(24)22-13-18(19-9-6-12-25-19)23-10-3-4-11-23/h5-9,12,14-15,18H,3-4,10-11,13H2,1-2H3,(H,22,24)/t14-,15-,18+/m0/s1. The number of hydrogen-bond acceptors (Lipinski definition) is 4. The first-order valence-electron chi connectivity index (χ1n) is 9.50. The first kappa shape index (κ1) is 17.2. The van der Waals surface area contributed by atoms with Crippen LogP contribution >= 0.6 is 0 Å². The van der Waals surface area contributed by atoms with Gasteiger partial charge in [0.05, 0.1) is 17.9 Å². The molecule has 0 radical (unpaired) electrons. The number of ether oxygens (including phenoxy) is 1. The van der Waals surface area contributed by atoms with Crippen LogP contribution in [0.4, 0.5) is 0 Å². The monoisotopic (exact) mass is 354 g/mol. The van der Waals surface area contributed by atoms with E-state index in [1.807, 2.05) is 31.2 Å². The van der Waals surface area contributed by atoms with Crippen molar-refractivity contribution in [3.8, 4) is 5.75 Å². The maximum absolute atomic E-state index is 12.9. The lowest BCUT2D eigenvalue weighted by Crippen LogP contribution is -2.36. The van der Waals surface area contributed by atoms with Crippen LogP contribution in [0.25, 0.3) is 0 Å². The summed E-state index contributed by atoms with van der Waals surface area (Å²) in [4.78, 5) is 15.3. The van der Waals surface area contributed by atoms with Crippen LogP contribution < -0.4 is 10.1 Å². The number of nitrogens with one attached hydrogen (secondary N) is 1. The predicted octanol–water partition coefficient (Wildman–Crippen LogP) is 3.73. The van der Waals surface area contributed by atoms with E-state index in [-0.39, 0.29) is 18.1 Å². The van der Waals surface area contributed by atoms with Crippen LogP contribution in [0.2, 0.25) is 0 Å². The molecule has 2 aliphatic heterocycles. The fourth-order valence-corrected chi connectivity index (χ4v) is 3.99. The lowest BCUT2D eigenvalue weighted by Gasteiger charge is -2.26. The molecule has 5 heteroatoms. The van der Waals surface area contributed by atoms with Crippen LogP contribution in [-0.4, -0.2) is 36.5 Å². The Labute approximate surface area is 154 Å². The fourth-order valence-electron chi connectivity index (χ4n) is 3.99. The van der Waals surface area contributed by atoms with Crippen LogP contribution in [-0.2, 0) is 0 Å². The van der Waals surface area contributed by atoms with Gasteiger partial charge in [-0.1, -0.05) is 19.1 Å². The molecule has 1 aromatic carbocycles. The first-order valence-corrected chi connectivity index (χ1v) is 9.50. The van der Waals surface area contributed by atoms with Crippen molar-refractivity contribution in [3.63, 3.8) is 0 Å². The van der Waals surface area contributed by atoms with Crippen molar-refractivity contribution in [1.29, 1.82) is 0 Å². The third kappa shape index (κ3) is 3.12. The average Bonchev–Trinajstić information content (AvgIpc) is 3.39. The molecule has 4 rings (SSSR count). The Bertz CT molecular complexity index is 766. The molecule has 1 amide bonds. The van der Waals surface area contributed by atoms with E-state index < -0.39 is 0 Å². The quantitative estimate of drug-likeness (QED) is 0.889. The van der Waals surface area contributed by atoms with Gasteiger partial charge in [-0.2, -0.15) is 0 Å². The molecular weight excluding hydrogens is 328 g/mol. The number of carbonyl (C=O) groups excluding carboxylic acids is 1. The predicted molar refractivity (Wildman–Crippen MR) is 99.5 cm³/mol. The maximum Gasteiger partial charge on any atom is 0.255 e. The number of carbonyl (C=O) groups is 1. The zero-order valence-corrected chi connectivity index (χ0v) is 15.4. The molecule has 0 aliphatic carbocycles. The van der Waals surface area contributed by atoms with Crippen LogP contribution in [0.3, 0.4) is 0 Å². The second-order valence-corrected chi connectivity index (χ2v) is 7.32. The Morgan fingerprint density at radius 3 is 2.77 bits per heavy atom. The van der Waals surface area contributed by atoms with Gasteiger partial charge in [0.15, 0.2) is 0 Å². The van der Waals surface area contributed by atoms with E-state index in [1.165, 1.54) is 12.8 Å². The van der Waals surface area contributed by atoms with Crippen LogP contribution in [0.5, 0.6) is 5.75 Å². The van der Waals surface area contributed by atoms with Crippen LogP contribution in [0.1, 0.15) is 60.3 Å². The molecule has 3 heterocycles. The van der Waals surface area contributed by atoms with Gasteiger partial charge in [0, 0.05) is 18.0 Å². The Morgan fingerprint density at radius 1 is 1.23 bits per heavy atom. The van der Waals surface area contributed by atoms with Crippen molar-refractivity contribution in [2.75, 3.05) is 19.6 Å². The molecule has 2 aliphatic rings. The summed E-state index contributed by atoms with van der Waals surface area (Å²) in [6, 6.07) is 9.80. The smallest absolute Gasteiger partial charge is 0.255 e. The summed E-state index contributed by atoms with van der Waals surface area (Å²) in [5.74, 6) is 1.86. The first-order chi connectivity index (χ1) is 12.6. The summed E-state index contributed by atoms with van der Waals surface area (Å²) >= 11 is 0. The van der Waals surface area contributed by atoms with Gasteiger partial charge in [-0.15, -0.1) is 0 Å². The number of fused-ring (bicyclic) bond motifs is 1. The molecule has 0 spiro atoms. The Balaban J connectivity index is 1.50. The topological polar surface area (TPSA) is 54.7 Å². The Morgan fingerprint density at radius 2 is 2.04 bits per heavy atom. The molecule has 0 bridgehead atoms. The van der Waals surface area contributed by atoms with Crippen molar-refractivity contribution in [2.45, 2.75) is 44.8 Å². The number of nitrogens with zero attached hydrogens (tertiary/aromatic N) is 1. The molecule has 1 fully saturated rings. The summed E-state index contributed by atoms with van der Waals surface area (Å²) in [6.45, 7) is 6.80. The van der Waals surface area contributed by atoms with E-state index in [4.69, 9.17) is 9.15 Å². The minimum Gasteiger partial charge on any atom is -0.489 e. The number of likely N-dealkylation sites (tertiary alicyclic amines) is 1. The molecule has 2 aromatic rings. The van der Waals surface area contributed by atoms with Crippen molar-refractivity contribution >= 4 is 5.91 Å². The molecule has 1 aromatic heterocycles. The van der Waals surface area contributed by atoms with Crippen LogP contribution in [0.15, 0.2) is 41.0 Å². The number of benzene rings is 1. The summed E-state index contributed by atoms with van der Waals surface area (Å²) < 4.78 is 11.6. The van der Waals surface area contributed by atoms with E-state index in [0.717, 1.165) is 30.2 Å². The summed E-state index contributed by atoms with van der Waals surface area (Å²) in [5, 5.41) is 3.10. The highest BCUT2D eigenvalue weighted by Crippen LogP contribution is 2.40. The number of furan rings is 1. The van der Waals surface area contributed by atoms with Gasteiger partial charge in [-0.05, 0) is 51.1 Å². The Kier molecular flexibility index (Phi) is 4.72. The SMILES string of the molecule is C[C@@H]1Oc2c(C(=O)NC[C@H](c3ccco3)N3CCCC3)cccc2[C@H]1C. The summed E-state index contributed by atoms with van der Waals surface area (Å²) in [5.41, 5.74) is 1.74. The van der Waals surface area contributed by atoms with Crippen molar-refractivity contribution in [1.82, 2.24) is 10.2 Å². The molecule has 1 saturated heterocycles. The van der Waals surface area contributed by atoms with E-state index in [2.05, 4.69) is 23.2 Å². The third-order valence-electron chi connectivity index (χ3n) is 5.70. The fraction of sp³-hybridized carbons (Fsp3) is 0.476. The van der Waals surface area contributed by atoms with Gasteiger partial charge in [-0.3, -0.25) is 9.69 Å². The molecule has 3 atom stereocenters. The molecule has 138 valence electrons. The normalized spacial score (nSPS) is 23.5. The lowest BCUT2D eigenvalue weighted by atomic mass is 9.97. The van der Waals surface area contributed by atoms with E-state index in [0.29, 0.717) is 18.0 Å². The molecule has 26 heavy (non-hydrogen) atoms. The van der Waals surface area contributed by atoms with Gasteiger partial charge in [0.2, 0.25) is 0 Å². The average molecular weight is 354 g/mol. The van der Waals surface area contributed by atoms with Crippen LogP contribution in [0, 0.1) is 0 Å². The van der Waals surface area contributed by atoms with Gasteiger partial charge in [0.25, 0.3) is 5.91 Å². The third-order valence-corrected chi connectivity index (χ3v) is 5.70. The largest absolute Gasteiger partial charge is 0.489 e. The zero-order chi connectivity index (χ0) is 18.1. The summed E-state index contributed by atoms with van der Waals surface area (Å²) in [6.07, 6.45) is 4.18. The van der Waals surface area contributed by atoms with Gasteiger partial charge >= 0.3 is 0 Å². The summed E-state index contributed by atoms with van der Waals surface area (Å²) in [7, 11) is 0. The Hall–Kier alpha value is -2.27. The van der Waals surface area contributed by atoms with Gasteiger partial charge in [0.1, 0.15) is 17.6 Å². The highest BCUT2D eigenvalue weighted by Gasteiger charge is 2.32. The number of rotatable bonds is 5.